The van der Waals surface area contributed by atoms with Crippen LogP contribution < -0.4 is 14.3 Å². The fraction of sp³-hybridized carbons (Fsp3) is 0.214. The Kier molecular flexibility index (Phi) is 4.17. The zero-order chi connectivity index (χ0) is 18.2. The van der Waals surface area contributed by atoms with Crippen LogP contribution in [0.15, 0.2) is 24.3 Å². The van der Waals surface area contributed by atoms with Gasteiger partial charge in [0.1, 0.15) is 23.8 Å². The summed E-state index contributed by atoms with van der Waals surface area (Å²) < 4.78 is 40.1. The summed E-state index contributed by atoms with van der Waals surface area (Å²) in [5.41, 5.74) is 0.530. The van der Waals surface area contributed by atoms with Gasteiger partial charge in [0.2, 0.25) is 0 Å². The van der Waals surface area contributed by atoms with Crippen molar-refractivity contribution in [2.75, 3.05) is 16.2 Å². The number of benzene rings is 1. The Morgan fingerprint density at radius 2 is 2.12 bits per heavy atom. The smallest absolute Gasteiger partial charge is 0.326 e. The number of anilines is 2. The molecule has 3 N–H and O–H groups in total. The maximum Gasteiger partial charge on any atom is 0.326 e. The lowest BCUT2D eigenvalue weighted by Crippen LogP contribution is -2.30. The van der Waals surface area contributed by atoms with Crippen molar-refractivity contribution in [3.05, 3.63) is 41.3 Å². The lowest BCUT2D eigenvalue weighted by Gasteiger charge is -2.18. The lowest BCUT2D eigenvalue weighted by molar-refractivity contribution is -0.117. The molecule has 3 rings (SSSR count). The van der Waals surface area contributed by atoms with Crippen molar-refractivity contribution in [3.8, 4) is 5.75 Å². The van der Waals surface area contributed by atoms with Crippen molar-refractivity contribution in [1.29, 1.82) is 0 Å². The molecule has 2 aromatic rings. The zero-order valence-corrected chi connectivity index (χ0v) is 13.8. The summed E-state index contributed by atoms with van der Waals surface area (Å²) in [6.45, 7) is 1.32. The van der Waals surface area contributed by atoms with Crippen LogP contribution in [-0.4, -0.2) is 36.2 Å². The molecule has 132 valence electrons. The molecule has 11 heteroatoms. The maximum absolute atomic E-state index is 14.4. The third kappa shape index (κ3) is 3.45. The molecule has 1 amide bonds. The Morgan fingerprint density at radius 1 is 1.36 bits per heavy atom. The van der Waals surface area contributed by atoms with Gasteiger partial charge in [-0.05, 0) is 36.8 Å². The molecule has 0 bridgehead atoms. The number of aromatic nitrogens is 2. The fourth-order valence-corrected chi connectivity index (χ4v) is 3.49. The number of hydrogen-bond acceptors (Lipinski definition) is 7. The van der Waals surface area contributed by atoms with Crippen LogP contribution >= 0.6 is 0 Å². The second-order valence-electron chi connectivity index (χ2n) is 5.40. The van der Waals surface area contributed by atoms with Crippen LogP contribution in [0.5, 0.6) is 5.75 Å². The Balaban J connectivity index is 1.83. The molecule has 1 saturated heterocycles. The number of aromatic hydroxyl groups is 1. The molecule has 0 radical (unpaired) electrons. The van der Waals surface area contributed by atoms with Crippen LogP contribution in [0.3, 0.4) is 0 Å². The Bertz CT molecular complexity index is 910. The minimum atomic E-state index is -4.21. The van der Waals surface area contributed by atoms with Gasteiger partial charge in [-0.1, -0.05) is 0 Å². The number of aryl methyl sites for hydroxylation is 1. The first kappa shape index (κ1) is 16.9. The first-order valence-electron chi connectivity index (χ1n) is 7.15. The second kappa shape index (κ2) is 6.16. The van der Waals surface area contributed by atoms with E-state index in [1.54, 1.807) is 23.8 Å². The van der Waals surface area contributed by atoms with Crippen molar-refractivity contribution in [1.82, 2.24) is 14.9 Å². The van der Waals surface area contributed by atoms with Crippen LogP contribution in [0.4, 0.5) is 15.9 Å². The molecule has 0 atom stereocenters. The summed E-state index contributed by atoms with van der Waals surface area (Å²) in [6, 6.07) is 5.73. The van der Waals surface area contributed by atoms with E-state index in [4.69, 9.17) is 0 Å². The topological polar surface area (TPSA) is 125 Å². The summed E-state index contributed by atoms with van der Waals surface area (Å²) in [4.78, 5) is 11.3. The van der Waals surface area contributed by atoms with Gasteiger partial charge in [-0.3, -0.25) is 4.79 Å². The number of hydrogen-bond donors (Lipinski definition) is 3. The standard InChI is InChI=1S/C14H14FN5O4S/c1-8-2-3-12(18-17-8)16-6-9-4-10(15)14(11(21)5-9)20-7-13(22)19-25(20,23)24/h2-5,21H,6-7H2,1H3,(H,16,18)(H,19,22). The Hall–Kier alpha value is -2.95. The third-order valence-corrected chi connectivity index (χ3v) is 4.82. The summed E-state index contributed by atoms with van der Waals surface area (Å²) in [5, 5.41) is 20.7. The summed E-state index contributed by atoms with van der Waals surface area (Å²) in [7, 11) is -4.21. The molecule has 1 aromatic heterocycles. The number of carbonyl (C=O) groups is 1. The normalized spacial score (nSPS) is 15.9. The highest BCUT2D eigenvalue weighted by Crippen LogP contribution is 2.34. The first-order valence-corrected chi connectivity index (χ1v) is 8.59. The minimum Gasteiger partial charge on any atom is -0.506 e. The molecular weight excluding hydrogens is 353 g/mol. The van der Waals surface area contributed by atoms with E-state index in [0.29, 0.717) is 15.7 Å². The van der Waals surface area contributed by atoms with Gasteiger partial charge in [0, 0.05) is 6.54 Å². The number of amides is 1. The first-order chi connectivity index (χ1) is 11.8. The monoisotopic (exact) mass is 367 g/mol. The summed E-state index contributed by atoms with van der Waals surface area (Å²) >= 11 is 0. The third-order valence-electron chi connectivity index (χ3n) is 3.44. The molecule has 1 aromatic carbocycles. The Labute approximate surface area is 142 Å². The van der Waals surface area contributed by atoms with E-state index in [9.17, 15) is 22.7 Å². The largest absolute Gasteiger partial charge is 0.506 e. The summed E-state index contributed by atoms with van der Waals surface area (Å²) in [5.74, 6) is -1.90. The van der Waals surface area contributed by atoms with E-state index in [1.807, 2.05) is 0 Å². The van der Waals surface area contributed by atoms with Gasteiger partial charge < -0.3 is 10.4 Å². The molecule has 1 aliphatic rings. The molecule has 0 saturated carbocycles. The van der Waals surface area contributed by atoms with Gasteiger partial charge >= 0.3 is 10.2 Å². The van der Waals surface area contributed by atoms with Crippen molar-refractivity contribution in [3.63, 3.8) is 0 Å². The molecule has 1 aliphatic heterocycles. The average Bonchev–Trinajstić information content (AvgIpc) is 2.79. The van der Waals surface area contributed by atoms with E-state index in [1.165, 1.54) is 6.07 Å². The molecule has 9 nitrogen and oxygen atoms in total. The predicted octanol–water partition coefficient (Wildman–Crippen LogP) is 0.423. The van der Waals surface area contributed by atoms with Gasteiger partial charge in [0.15, 0.2) is 5.82 Å². The van der Waals surface area contributed by atoms with Gasteiger partial charge in [-0.2, -0.15) is 13.5 Å². The van der Waals surface area contributed by atoms with Crippen LogP contribution in [-0.2, 0) is 21.5 Å². The molecule has 2 heterocycles. The highest BCUT2D eigenvalue weighted by Gasteiger charge is 2.37. The van der Waals surface area contributed by atoms with Gasteiger partial charge in [-0.15, -0.1) is 5.10 Å². The molecule has 0 aliphatic carbocycles. The van der Waals surface area contributed by atoms with Crippen molar-refractivity contribution in [2.45, 2.75) is 13.5 Å². The molecular formula is C14H14FN5O4S. The van der Waals surface area contributed by atoms with E-state index < -0.39 is 39.9 Å². The van der Waals surface area contributed by atoms with Crippen LogP contribution in [0.2, 0.25) is 0 Å². The molecule has 25 heavy (non-hydrogen) atoms. The van der Waals surface area contributed by atoms with Crippen LogP contribution in [0.25, 0.3) is 0 Å². The van der Waals surface area contributed by atoms with Gasteiger partial charge in [0.05, 0.1) is 5.69 Å². The second-order valence-corrected chi connectivity index (χ2v) is 6.99. The van der Waals surface area contributed by atoms with E-state index in [-0.39, 0.29) is 6.54 Å². The van der Waals surface area contributed by atoms with Crippen LogP contribution in [0, 0.1) is 12.7 Å². The van der Waals surface area contributed by atoms with Gasteiger partial charge in [-0.25, -0.2) is 13.4 Å². The predicted molar refractivity (Wildman–Crippen MR) is 86.6 cm³/mol. The number of halogens is 1. The van der Waals surface area contributed by atoms with Crippen molar-refractivity contribution in [2.24, 2.45) is 0 Å². The fourth-order valence-electron chi connectivity index (χ4n) is 2.32. The maximum atomic E-state index is 14.4. The number of phenolic OH excluding ortho intramolecular Hbond substituents is 1. The quantitative estimate of drug-likeness (QED) is 0.715. The number of carbonyl (C=O) groups excluding carboxylic acids is 1. The SMILES string of the molecule is Cc1ccc(NCc2cc(O)c(N3CC(=O)NS3(=O)=O)c(F)c2)nn1. The minimum absolute atomic E-state index is 0.131. The number of rotatable bonds is 4. The number of phenols is 1. The average molecular weight is 367 g/mol. The number of nitrogens with one attached hydrogen (secondary N) is 2. The van der Waals surface area contributed by atoms with E-state index >= 15 is 0 Å². The molecule has 0 unspecified atom stereocenters. The zero-order valence-electron chi connectivity index (χ0n) is 13.0. The Morgan fingerprint density at radius 3 is 2.68 bits per heavy atom. The molecule has 0 spiro atoms. The van der Waals surface area contributed by atoms with Crippen LogP contribution in [0.1, 0.15) is 11.3 Å². The van der Waals surface area contributed by atoms with Crippen molar-refractivity contribution < 1.29 is 22.7 Å². The molecule has 1 fully saturated rings. The highest BCUT2D eigenvalue weighted by molar-refractivity contribution is 7.92. The number of nitrogens with zero attached hydrogens (tertiary/aromatic N) is 3. The van der Waals surface area contributed by atoms with Crippen molar-refractivity contribution >= 4 is 27.6 Å². The lowest BCUT2D eigenvalue weighted by atomic mass is 10.1. The highest BCUT2D eigenvalue weighted by atomic mass is 32.2. The summed E-state index contributed by atoms with van der Waals surface area (Å²) in [6.07, 6.45) is 0. The van der Waals surface area contributed by atoms with E-state index in [2.05, 4.69) is 15.5 Å². The van der Waals surface area contributed by atoms with E-state index in [0.717, 1.165) is 11.8 Å². The van der Waals surface area contributed by atoms with Gasteiger partial charge in [0.25, 0.3) is 5.91 Å².